The van der Waals surface area contributed by atoms with Crippen molar-refractivity contribution in [3.05, 3.63) is 29.3 Å². The second-order valence-corrected chi connectivity index (χ2v) is 7.38. The number of rotatable bonds is 4. The van der Waals surface area contributed by atoms with Gasteiger partial charge < -0.3 is 10.7 Å². The summed E-state index contributed by atoms with van der Waals surface area (Å²) in [6, 6.07) is 7.32. The highest BCUT2D eigenvalue weighted by Crippen LogP contribution is 2.27. The molecule has 1 aliphatic heterocycles. The molecule has 8 heteroatoms. The molecule has 2 N–H and O–H groups in total. The lowest BCUT2D eigenvalue weighted by molar-refractivity contribution is -0.130. The number of nitrogens with two attached hydrogens (primary N) is 1. The van der Waals surface area contributed by atoms with Crippen LogP contribution in [-0.4, -0.2) is 44.5 Å². The van der Waals surface area contributed by atoms with Gasteiger partial charge in [0.05, 0.1) is 10.8 Å². The summed E-state index contributed by atoms with van der Waals surface area (Å²) in [5.41, 5.74) is 0.720. The molecule has 3 rings (SSSR count). The highest BCUT2D eigenvalue weighted by Gasteiger charge is 2.22. The second kappa shape index (κ2) is 7.44. The average molecular weight is 366 g/mol. The second-order valence-electron chi connectivity index (χ2n) is 6.03. The van der Waals surface area contributed by atoms with Gasteiger partial charge in [0.15, 0.2) is 5.82 Å². The van der Waals surface area contributed by atoms with Crippen LogP contribution in [0.25, 0.3) is 11.4 Å². The molecular formula is C16H20ClN5OS. The van der Waals surface area contributed by atoms with Crippen LogP contribution in [0.1, 0.15) is 19.8 Å². The highest BCUT2D eigenvalue weighted by molar-refractivity contribution is 7.99. The number of carbonyl (C=O) groups excluding carboxylic acids is 1. The minimum absolute atomic E-state index is 0.119. The molecule has 128 valence electrons. The molecule has 0 unspecified atom stereocenters. The SMILES string of the molecule is C[C@H]1CCCN(C(=O)CSc2nnc(-c3ccccc3Cl)n2N)C1. The fourth-order valence-electron chi connectivity index (χ4n) is 2.84. The molecule has 1 aliphatic rings. The topological polar surface area (TPSA) is 77.0 Å². The van der Waals surface area contributed by atoms with Gasteiger partial charge in [-0.1, -0.05) is 42.4 Å². The molecule has 2 heterocycles. The van der Waals surface area contributed by atoms with Crippen LogP contribution >= 0.6 is 23.4 Å². The van der Waals surface area contributed by atoms with Crippen molar-refractivity contribution >= 4 is 29.3 Å². The average Bonchev–Trinajstić information content (AvgIpc) is 2.94. The van der Waals surface area contributed by atoms with Gasteiger partial charge in [0.2, 0.25) is 11.1 Å². The van der Waals surface area contributed by atoms with Gasteiger partial charge in [0.25, 0.3) is 0 Å². The fraction of sp³-hybridized carbons (Fsp3) is 0.438. The van der Waals surface area contributed by atoms with Crippen LogP contribution < -0.4 is 5.84 Å². The first-order valence-corrected chi connectivity index (χ1v) is 9.28. The van der Waals surface area contributed by atoms with Crippen LogP contribution in [0, 0.1) is 5.92 Å². The predicted molar refractivity (Wildman–Crippen MR) is 96.3 cm³/mol. The maximum absolute atomic E-state index is 12.3. The maximum Gasteiger partial charge on any atom is 0.233 e. The van der Waals surface area contributed by atoms with Gasteiger partial charge in [0.1, 0.15) is 0 Å². The Hall–Kier alpha value is -1.73. The molecule has 0 spiro atoms. The number of thioether (sulfide) groups is 1. The number of nitrogens with zero attached hydrogens (tertiary/aromatic N) is 4. The Morgan fingerprint density at radius 3 is 2.96 bits per heavy atom. The van der Waals surface area contributed by atoms with Crippen LogP contribution in [-0.2, 0) is 4.79 Å². The Morgan fingerprint density at radius 2 is 2.21 bits per heavy atom. The first-order valence-electron chi connectivity index (χ1n) is 7.92. The molecule has 24 heavy (non-hydrogen) atoms. The molecule has 1 amide bonds. The Bertz CT molecular complexity index is 735. The Morgan fingerprint density at radius 1 is 1.42 bits per heavy atom. The number of aromatic nitrogens is 3. The van der Waals surface area contributed by atoms with E-state index in [0.717, 1.165) is 25.1 Å². The summed E-state index contributed by atoms with van der Waals surface area (Å²) in [6.07, 6.45) is 2.26. The quantitative estimate of drug-likeness (QED) is 0.665. The monoisotopic (exact) mass is 365 g/mol. The molecule has 0 aliphatic carbocycles. The number of halogens is 1. The minimum Gasteiger partial charge on any atom is -0.342 e. The molecular weight excluding hydrogens is 346 g/mol. The van der Waals surface area contributed by atoms with Crippen LogP contribution in [0.5, 0.6) is 0 Å². The third-order valence-electron chi connectivity index (χ3n) is 4.11. The van der Waals surface area contributed by atoms with E-state index >= 15 is 0 Å². The molecule has 1 atom stereocenters. The zero-order chi connectivity index (χ0) is 17.1. The molecule has 1 aromatic carbocycles. The van der Waals surface area contributed by atoms with E-state index in [4.69, 9.17) is 17.4 Å². The lowest BCUT2D eigenvalue weighted by atomic mass is 10.0. The number of hydrogen-bond donors (Lipinski definition) is 1. The van der Waals surface area contributed by atoms with Gasteiger partial charge in [-0.15, -0.1) is 10.2 Å². The highest BCUT2D eigenvalue weighted by atomic mass is 35.5. The molecule has 6 nitrogen and oxygen atoms in total. The van der Waals surface area contributed by atoms with Crippen molar-refractivity contribution < 1.29 is 4.79 Å². The van der Waals surface area contributed by atoms with Crippen molar-refractivity contribution in [1.29, 1.82) is 0 Å². The van der Waals surface area contributed by atoms with Crippen LogP contribution in [0.15, 0.2) is 29.4 Å². The minimum atomic E-state index is 0.119. The van der Waals surface area contributed by atoms with E-state index in [1.54, 1.807) is 6.07 Å². The number of carbonyl (C=O) groups is 1. The first-order chi connectivity index (χ1) is 11.6. The third kappa shape index (κ3) is 3.67. The number of likely N-dealkylation sites (tertiary alicyclic amines) is 1. The van der Waals surface area contributed by atoms with Crippen molar-refractivity contribution in [2.24, 2.45) is 5.92 Å². The van der Waals surface area contributed by atoms with Crippen molar-refractivity contribution in [2.45, 2.75) is 24.9 Å². The number of piperidine rings is 1. The zero-order valence-corrected chi connectivity index (χ0v) is 15.1. The number of benzene rings is 1. The van der Waals surface area contributed by atoms with E-state index < -0.39 is 0 Å². The molecule has 0 radical (unpaired) electrons. The van der Waals surface area contributed by atoms with E-state index in [1.807, 2.05) is 23.1 Å². The standard InChI is InChI=1S/C16H20ClN5OS/c1-11-5-4-8-21(9-11)14(23)10-24-16-20-19-15(22(16)18)12-6-2-3-7-13(12)17/h2-3,6-7,11H,4-5,8-10,18H2,1H3/t11-/m0/s1. The first kappa shape index (κ1) is 17.1. The Balaban J connectivity index is 1.66. The normalized spacial score (nSPS) is 17.9. The van der Waals surface area contributed by atoms with Gasteiger partial charge >= 0.3 is 0 Å². The van der Waals surface area contributed by atoms with Crippen molar-refractivity contribution in [2.75, 3.05) is 24.7 Å². The summed E-state index contributed by atoms with van der Waals surface area (Å²) in [5.74, 6) is 7.56. The lowest BCUT2D eigenvalue weighted by Gasteiger charge is -2.30. The van der Waals surface area contributed by atoms with Gasteiger partial charge in [0, 0.05) is 18.7 Å². The fourth-order valence-corrected chi connectivity index (χ4v) is 3.81. The molecule has 1 aromatic heterocycles. The molecule has 2 aromatic rings. The van der Waals surface area contributed by atoms with Gasteiger partial charge in [-0.25, -0.2) is 4.68 Å². The molecule has 1 saturated heterocycles. The maximum atomic E-state index is 12.3. The van der Waals surface area contributed by atoms with E-state index in [2.05, 4.69) is 17.1 Å². The summed E-state index contributed by atoms with van der Waals surface area (Å²) in [5, 5.41) is 9.26. The van der Waals surface area contributed by atoms with Crippen molar-refractivity contribution in [3.63, 3.8) is 0 Å². The Labute approximate surface area is 150 Å². The van der Waals surface area contributed by atoms with E-state index in [1.165, 1.54) is 22.9 Å². The van der Waals surface area contributed by atoms with E-state index in [0.29, 0.717) is 27.7 Å². The van der Waals surface area contributed by atoms with E-state index in [-0.39, 0.29) is 5.91 Å². The Kier molecular flexibility index (Phi) is 5.30. The van der Waals surface area contributed by atoms with Crippen molar-refractivity contribution in [1.82, 2.24) is 19.8 Å². The number of hydrogen-bond acceptors (Lipinski definition) is 5. The predicted octanol–water partition coefficient (Wildman–Crippen LogP) is 2.66. The molecule has 0 saturated carbocycles. The van der Waals surface area contributed by atoms with Crippen LogP contribution in [0.4, 0.5) is 0 Å². The summed E-state index contributed by atoms with van der Waals surface area (Å²) < 4.78 is 1.39. The van der Waals surface area contributed by atoms with Crippen LogP contribution in [0.3, 0.4) is 0 Å². The van der Waals surface area contributed by atoms with Gasteiger partial charge in [-0.05, 0) is 30.9 Å². The van der Waals surface area contributed by atoms with Crippen LogP contribution in [0.2, 0.25) is 5.02 Å². The molecule has 0 bridgehead atoms. The van der Waals surface area contributed by atoms with E-state index in [9.17, 15) is 4.79 Å². The van der Waals surface area contributed by atoms with Gasteiger partial charge in [-0.2, -0.15) is 0 Å². The molecule has 1 fully saturated rings. The smallest absolute Gasteiger partial charge is 0.233 e. The van der Waals surface area contributed by atoms with Gasteiger partial charge in [-0.3, -0.25) is 4.79 Å². The van der Waals surface area contributed by atoms with Crippen molar-refractivity contribution in [3.8, 4) is 11.4 Å². The largest absolute Gasteiger partial charge is 0.342 e. The number of nitrogen functional groups attached to an aromatic ring is 1. The summed E-state index contributed by atoms with van der Waals surface area (Å²) >= 11 is 7.48. The third-order valence-corrected chi connectivity index (χ3v) is 5.37. The zero-order valence-electron chi connectivity index (χ0n) is 13.5. The lowest BCUT2D eigenvalue weighted by Crippen LogP contribution is -2.40. The summed E-state index contributed by atoms with van der Waals surface area (Å²) in [7, 11) is 0. The summed E-state index contributed by atoms with van der Waals surface area (Å²) in [4.78, 5) is 14.3. The summed E-state index contributed by atoms with van der Waals surface area (Å²) in [6.45, 7) is 3.85. The number of amides is 1.